The van der Waals surface area contributed by atoms with E-state index in [2.05, 4.69) is 9.64 Å². The van der Waals surface area contributed by atoms with Gasteiger partial charge in [-0.3, -0.25) is 9.78 Å². The number of carbonyl (C=O) groups excluding carboxylic acids is 1. The predicted octanol–water partition coefficient (Wildman–Crippen LogP) is 1.35. The Morgan fingerprint density at radius 3 is 2.79 bits per heavy atom. The van der Waals surface area contributed by atoms with Gasteiger partial charge in [-0.15, -0.1) is 0 Å². The number of nitrogens with two attached hydrogens (primary N) is 1. The first-order valence-corrected chi connectivity index (χ1v) is 7.23. The molecule has 0 spiro atoms. The number of nitrogen functional groups attached to an aromatic ring is 1. The molecule has 0 bridgehead atoms. The number of rotatable bonds is 5. The second-order valence-corrected chi connectivity index (χ2v) is 5.18. The van der Waals surface area contributed by atoms with Crippen molar-refractivity contribution >= 4 is 35.6 Å². The Kier molecular flexibility index (Phi) is 4.35. The molecule has 3 aromatic rings. The van der Waals surface area contributed by atoms with Gasteiger partial charge in [-0.2, -0.15) is 0 Å². The van der Waals surface area contributed by atoms with Gasteiger partial charge in [0.2, 0.25) is 0 Å². The summed E-state index contributed by atoms with van der Waals surface area (Å²) in [6.07, 6.45) is 1.66. The van der Waals surface area contributed by atoms with E-state index in [9.17, 15) is 9.82 Å². The standard InChI is InChI=1S/C17H15BN2O4/c1-23-17-5-3-12(18(22)24-10-21)9-13(17)11-2-4-16-14(8-11)15(19)6-7-20-16/h2-10,22H,1H3,(H2,19,20). The Bertz CT molecular complexity index is 901. The third-order valence-electron chi connectivity index (χ3n) is 3.78. The molecule has 0 unspecified atom stereocenters. The van der Waals surface area contributed by atoms with Crippen molar-refractivity contribution in [1.82, 2.24) is 4.98 Å². The zero-order valence-corrected chi connectivity index (χ0v) is 13.0. The molecule has 0 atom stereocenters. The first-order chi connectivity index (χ1) is 11.6. The SMILES string of the molecule is COc1ccc(B(O)OC=O)cc1-c1ccc2nccc(N)c2c1. The van der Waals surface area contributed by atoms with Crippen molar-refractivity contribution in [2.24, 2.45) is 0 Å². The Labute approximate surface area is 139 Å². The zero-order chi connectivity index (χ0) is 17.1. The number of ether oxygens (including phenoxy) is 1. The number of hydrogen-bond donors (Lipinski definition) is 2. The molecule has 3 N–H and O–H groups in total. The highest BCUT2D eigenvalue weighted by Crippen LogP contribution is 2.32. The van der Waals surface area contributed by atoms with E-state index in [1.807, 2.05) is 18.2 Å². The molecule has 0 aliphatic rings. The lowest BCUT2D eigenvalue weighted by molar-refractivity contribution is -0.121. The fourth-order valence-corrected chi connectivity index (χ4v) is 2.57. The van der Waals surface area contributed by atoms with Crippen LogP contribution in [0.5, 0.6) is 5.75 Å². The number of fused-ring (bicyclic) bond motifs is 1. The second-order valence-electron chi connectivity index (χ2n) is 5.18. The van der Waals surface area contributed by atoms with Crippen LogP contribution >= 0.6 is 0 Å². The molecule has 0 aliphatic heterocycles. The lowest BCUT2D eigenvalue weighted by atomic mass is 9.78. The number of methoxy groups -OCH3 is 1. The molecule has 2 aromatic carbocycles. The molecule has 0 radical (unpaired) electrons. The number of nitrogens with zero attached hydrogens (tertiary/aromatic N) is 1. The number of benzene rings is 2. The van der Waals surface area contributed by atoms with E-state index in [4.69, 9.17) is 10.5 Å². The predicted molar refractivity (Wildman–Crippen MR) is 92.9 cm³/mol. The van der Waals surface area contributed by atoms with Gasteiger partial charge in [-0.1, -0.05) is 12.1 Å². The van der Waals surface area contributed by atoms with Crippen LogP contribution in [0.1, 0.15) is 0 Å². The maximum atomic E-state index is 10.4. The monoisotopic (exact) mass is 322 g/mol. The number of anilines is 1. The fraction of sp³-hybridized carbons (Fsp3) is 0.0588. The summed E-state index contributed by atoms with van der Waals surface area (Å²) in [5, 5.41) is 10.7. The minimum atomic E-state index is -1.33. The van der Waals surface area contributed by atoms with Crippen LogP contribution in [0.15, 0.2) is 48.7 Å². The molecular formula is C17H15BN2O4. The molecule has 0 aliphatic carbocycles. The second kappa shape index (κ2) is 6.60. The van der Waals surface area contributed by atoms with Gasteiger partial charge >= 0.3 is 7.12 Å². The van der Waals surface area contributed by atoms with Crippen LogP contribution < -0.4 is 15.9 Å². The van der Waals surface area contributed by atoms with E-state index in [-0.39, 0.29) is 6.47 Å². The molecule has 24 heavy (non-hydrogen) atoms. The van der Waals surface area contributed by atoms with Gasteiger partial charge in [-0.05, 0) is 41.4 Å². The van der Waals surface area contributed by atoms with Crippen LogP contribution in [0.3, 0.4) is 0 Å². The summed E-state index contributed by atoms with van der Waals surface area (Å²) < 4.78 is 9.98. The number of aromatic nitrogens is 1. The summed E-state index contributed by atoms with van der Waals surface area (Å²) in [6.45, 7) is 0.205. The van der Waals surface area contributed by atoms with Crippen molar-refractivity contribution in [2.75, 3.05) is 12.8 Å². The molecule has 0 saturated carbocycles. The molecule has 1 aromatic heterocycles. The molecule has 1 heterocycles. The van der Waals surface area contributed by atoms with Crippen LogP contribution in [0.4, 0.5) is 5.69 Å². The smallest absolute Gasteiger partial charge is 0.508 e. The third-order valence-corrected chi connectivity index (χ3v) is 3.78. The highest BCUT2D eigenvalue weighted by atomic mass is 16.5. The topological polar surface area (TPSA) is 94.7 Å². The Morgan fingerprint density at radius 1 is 1.21 bits per heavy atom. The van der Waals surface area contributed by atoms with Gasteiger partial charge in [0.1, 0.15) is 5.75 Å². The molecule has 0 amide bonds. The van der Waals surface area contributed by atoms with Crippen molar-refractivity contribution in [3.63, 3.8) is 0 Å². The normalized spacial score (nSPS) is 10.4. The number of pyridine rings is 1. The van der Waals surface area contributed by atoms with Crippen LogP contribution in [0.25, 0.3) is 22.0 Å². The molecule has 0 fully saturated rings. The number of carbonyl (C=O) groups is 1. The Morgan fingerprint density at radius 2 is 2.04 bits per heavy atom. The van der Waals surface area contributed by atoms with E-state index in [1.165, 1.54) is 0 Å². The van der Waals surface area contributed by atoms with E-state index >= 15 is 0 Å². The lowest BCUT2D eigenvalue weighted by Gasteiger charge is -2.13. The highest BCUT2D eigenvalue weighted by Gasteiger charge is 2.20. The van der Waals surface area contributed by atoms with Crippen LogP contribution in [-0.4, -0.2) is 30.7 Å². The maximum absolute atomic E-state index is 10.4. The van der Waals surface area contributed by atoms with Gasteiger partial charge in [-0.25, -0.2) is 0 Å². The van der Waals surface area contributed by atoms with Gasteiger partial charge in [0, 0.05) is 22.8 Å². The van der Waals surface area contributed by atoms with E-state index in [1.54, 1.807) is 37.6 Å². The number of hydrogen-bond acceptors (Lipinski definition) is 6. The summed E-state index contributed by atoms with van der Waals surface area (Å²) in [5.41, 5.74) is 9.47. The van der Waals surface area contributed by atoms with Crippen molar-refractivity contribution in [1.29, 1.82) is 0 Å². The van der Waals surface area contributed by atoms with Crippen LogP contribution in [-0.2, 0) is 9.45 Å². The summed E-state index contributed by atoms with van der Waals surface area (Å²) >= 11 is 0. The maximum Gasteiger partial charge on any atom is 0.561 e. The Hall–Kier alpha value is -3.06. The first kappa shape index (κ1) is 15.8. The molecule has 0 saturated heterocycles. The average Bonchev–Trinajstić information content (AvgIpc) is 2.61. The summed E-state index contributed by atoms with van der Waals surface area (Å²) in [4.78, 5) is 14.7. The summed E-state index contributed by atoms with van der Waals surface area (Å²) in [7, 11) is 0.229. The largest absolute Gasteiger partial charge is 0.561 e. The first-order valence-electron chi connectivity index (χ1n) is 7.23. The molecule has 120 valence electrons. The van der Waals surface area contributed by atoms with E-state index < -0.39 is 7.12 Å². The fourth-order valence-electron chi connectivity index (χ4n) is 2.57. The molecule has 6 nitrogen and oxygen atoms in total. The van der Waals surface area contributed by atoms with Crippen molar-refractivity contribution in [3.8, 4) is 16.9 Å². The molecule has 3 rings (SSSR count). The van der Waals surface area contributed by atoms with E-state index in [0.29, 0.717) is 16.9 Å². The Balaban J connectivity index is 2.15. The van der Waals surface area contributed by atoms with Gasteiger partial charge in [0.15, 0.2) is 0 Å². The van der Waals surface area contributed by atoms with Crippen molar-refractivity contribution in [2.45, 2.75) is 0 Å². The van der Waals surface area contributed by atoms with Gasteiger partial charge in [0.05, 0.1) is 12.6 Å². The zero-order valence-electron chi connectivity index (χ0n) is 13.0. The molecule has 7 heteroatoms. The van der Waals surface area contributed by atoms with Crippen LogP contribution in [0.2, 0.25) is 0 Å². The highest BCUT2D eigenvalue weighted by molar-refractivity contribution is 6.61. The minimum absolute atomic E-state index is 0.205. The van der Waals surface area contributed by atoms with Crippen molar-refractivity contribution in [3.05, 3.63) is 48.7 Å². The summed E-state index contributed by atoms with van der Waals surface area (Å²) in [5.74, 6) is 0.624. The quantitative estimate of drug-likeness (QED) is 0.544. The average molecular weight is 322 g/mol. The third kappa shape index (κ3) is 2.89. The lowest BCUT2D eigenvalue weighted by Crippen LogP contribution is -2.33. The van der Waals surface area contributed by atoms with Crippen molar-refractivity contribution < 1.29 is 19.2 Å². The van der Waals surface area contributed by atoms with Gasteiger partial charge in [0.25, 0.3) is 6.47 Å². The van der Waals surface area contributed by atoms with Gasteiger partial charge < -0.3 is 20.1 Å². The minimum Gasteiger partial charge on any atom is -0.508 e. The summed E-state index contributed by atoms with van der Waals surface area (Å²) in [6, 6.07) is 12.5. The van der Waals surface area contributed by atoms with E-state index in [0.717, 1.165) is 22.0 Å². The van der Waals surface area contributed by atoms with Crippen LogP contribution in [0, 0.1) is 0 Å². The molecular weight excluding hydrogens is 307 g/mol.